The van der Waals surface area contributed by atoms with Crippen molar-refractivity contribution in [2.75, 3.05) is 19.8 Å². The molecule has 0 aromatic rings. The fourth-order valence-electron chi connectivity index (χ4n) is 14.5. The van der Waals surface area contributed by atoms with Crippen molar-refractivity contribution in [1.29, 1.82) is 0 Å². The van der Waals surface area contributed by atoms with Crippen LogP contribution in [0.5, 0.6) is 0 Å². The Hall–Kier alpha value is -3.09. The monoisotopic (exact) mass is 1510 g/mol. The Morgan fingerprint density at radius 1 is 0.346 bits per heavy atom. The minimum atomic E-state index is -1.79. The molecule has 1 amide bonds. The van der Waals surface area contributed by atoms with Gasteiger partial charge < -0.3 is 65.1 Å². The first-order valence-electron chi connectivity index (χ1n) is 45.0. The van der Waals surface area contributed by atoms with Gasteiger partial charge in [-0.15, -0.1) is 0 Å². The lowest BCUT2D eigenvalue weighted by Crippen LogP contribution is -2.65. The van der Waals surface area contributed by atoms with Gasteiger partial charge in [-0.25, -0.2) is 0 Å². The SMILES string of the molecule is CC/C=C\C/C=C\C/C=C\C/C=C\C/C=C\C/C=C\CCCCCCCCCCCCCCCCCCCCCCCCC(=O)NC(COC1OC(CO)C(OC2OC(CO)C(O)C(O)C2O)C(O)C1O)C(O)/C=C/CC/C=C/CCCCCCCCCCCCCCCCCCCCCCCCCCCC. The first-order valence-corrected chi connectivity index (χ1v) is 45.0. The quantitative estimate of drug-likeness (QED) is 0.0204. The highest BCUT2D eigenvalue weighted by Crippen LogP contribution is 2.31. The molecule has 9 N–H and O–H groups in total. The Labute approximate surface area is 655 Å². The highest BCUT2D eigenvalue weighted by molar-refractivity contribution is 5.76. The van der Waals surface area contributed by atoms with Gasteiger partial charge in [-0.3, -0.25) is 4.79 Å². The molecular formula is C93H167NO13. The zero-order valence-corrected chi connectivity index (χ0v) is 68.6. The van der Waals surface area contributed by atoms with Crippen LogP contribution in [0.2, 0.25) is 0 Å². The summed E-state index contributed by atoms with van der Waals surface area (Å²) in [7, 11) is 0. The number of aliphatic hydroxyl groups excluding tert-OH is 8. The highest BCUT2D eigenvalue weighted by atomic mass is 16.7. The second kappa shape index (κ2) is 75.6. The van der Waals surface area contributed by atoms with Gasteiger partial charge in [0.2, 0.25) is 5.91 Å². The summed E-state index contributed by atoms with van der Waals surface area (Å²) in [6.45, 7) is 2.72. The molecule has 0 aromatic carbocycles. The third kappa shape index (κ3) is 57.6. The molecule has 14 heteroatoms. The number of ether oxygens (including phenoxy) is 4. The highest BCUT2D eigenvalue weighted by Gasteiger charge is 2.51. The van der Waals surface area contributed by atoms with Crippen LogP contribution >= 0.6 is 0 Å². The summed E-state index contributed by atoms with van der Waals surface area (Å²) >= 11 is 0. The summed E-state index contributed by atoms with van der Waals surface area (Å²) in [5, 5.41) is 87.8. The van der Waals surface area contributed by atoms with Crippen molar-refractivity contribution in [3.63, 3.8) is 0 Å². The molecule has 107 heavy (non-hydrogen) atoms. The molecule has 2 saturated heterocycles. The van der Waals surface area contributed by atoms with Crippen LogP contribution in [-0.4, -0.2) is 140 Å². The van der Waals surface area contributed by atoms with Gasteiger partial charge >= 0.3 is 0 Å². The molecule has 0 saturated carbocycles. The molecule has 12 unspecified atom stereocenters. The molecule has 2 rings (SSSR count). The Morgan fingerprint density at radius 3 is 1.03 bits per heavy atom. The summed E-state index contributed by atoms with van der Waals surface area (Å²) in [6, 6.07) is -0.937. The normalized spacial score (nSPS) is 21.7. The van der Waals surface area contributed by atoms with Crippen molar-refractivity contribution in [1.82, 2.24) is 5.32 Å². The first-order chi connectivity index (χ1) is 52.6. The fraction of sp³-hybridized carbons (Fsp3) is 0.817. The molecule has 0 aliphatic carbocycles. The summed E-state index contributed by atoms with van der Waals surface area (Å²) in [6.07, 6.45) is 92.4. The van der Waals surface area contributed by atoms with Crippen LogP contribution in [-0.2, 0) is 23.7 Å². The van der Waals surface area contributed by atoms with Crippen LogP contribution in [0.15, 0.2) is 97.2 Å². The van der Waals surface area contributed by atoms with E-state index in [1.165, 1.54) is 289 Å². The largest absolute Gasteiger partial charge is 0.394 e. The Bertz CT molecular complexity index is 2180. The van der Waals surface area contributed by atoms with Crippen molar-refractivity contribution < 1.29 is 64.6 Å². The minimum Gasteiger partial charge on any atom is -0.394 e. The number of hydrogen-bond acceptors (Lipinski definition) is 13. The number of carbonyl (C=O) groups is 1. The topological polar surface area (TPSA) is 228 Å². The second-order valence-electron chi connectivity index (χ2n) is 31.3. The number of hydrogen-bond donors (Lipinski definition) is 9. The maximum atomic E-state index is 13.4. The van der Waals surface area contributed by atoms with Gasteiger partial charge in [-0.1, -0.05) is 400 Å². The molecule has 2 heterocycles. The van der Waals surface area contributed by atoms with Crippen LogP contribution in [0.1, 0.15) is 393 Å². The van der Waals surface area contributed by atoms with Crippen molar-refractivity contribution >= 4 is 5.91 Å². The molecule has 0 bridgehead atoms. The lowest BCUT2D eigenvalue weighted by molar-refractivity contribution is -0.359. The summed E-state index contributed by atoms with van der Waals surface area (Å²) < 4.78 is 22.9. The number of amides is 1. The van der Waals surface area contributed by atoms with E-state index in [9.17, 15) is 45.6 Å². The maximum Gasteiger partial charge on any atom is 0.220 e. The van der Waals surface area contributed by atoms with Crippen LogP contribution in [0.3, 0.4) is 0 Å². The van der Waals surface area contributed by atoms with Crippen molar-refractivity contribution in [3.05, 3.63) is 97.2 Å². The smallest absolute Gasteiger partial charge is 0.220 e. The van der Waals surface area contributed by atoms with E-state index >= 15 is 0 Å². The van der Waals surface area contributed by atoms with E-state index in [0.717, 1.165) is 70.6 Å². The van der Waals surface area contributed by atoms with E-state index in [0.29, 0.717) is 12.8 Å². The van der Waals surface area contributed by atoms with E-state index in [1.807, 2.05) is 6.08 Å². The van der Waals surface area contributed by atoms with Gasteiger partial charge in [0.1, 0.15) is 48.8 Å². The van der Waals surface area contributed by atoms with Gasteiger partial charge in [-0.05, 0) is 83.5 Å². The molecule has 2 aliphatic rings. The molecule has 2 aliphatic heterocycles. The second-order valence-corrected chi connectivity index (χ2v) is 31.3. The van der Waals surface area contributed by atoms with E-state index in [4.69, 9.17) is 18.9 Å². The molecule has 12 atom stereocenters. The number of nitrogens with one attached hydrogen (secondary N) is 1. The van der Waals surface area contributed by atoms with E-state index in [1.54, 1.807) is 6.08 Å². The number of rotatable bonds is 76. The van der Waals surface area contributed by atoms with Crippen LogP contribution in [0.4, 0.5) is 0 Å². The van der Waals surface area contributed by atoms with Crippen LogP contribution in [0, 0.1) is 0 Å². The minimum absolute atomic E-state index is 0.243. The van der Waals surface area contributed by atoms with Crippen LogP contribution < -0.4 is 5.32 Å². The predicted octanol–water partition coefficient (Wildman–Crippen LogP) is 22.0. The van der Waals surface area contributed by atoms with E-state index in [2.05, 4.69) is 104 Å². The third-order valence-corrected chi connectivity index (χ3v) is 21.5. The van der Waals surface area contributed by atoms with Crippen LogP contribution in [0.25, 0.3) is 0 Å². The Kier molecular flexibility index (Phi) is 70.6. The number of aliphatic hydroxyl groups is 8. The van der Waals surface area contributed by atoms with E-state index in [-0.39, 0.29) is 18.9 Å². The van der Waals surface area contributed by atoms with Gasteiger partial charge in [0, 0.05) is 6.42 Å². The van der Waals surface area contributed by atoms with Gasteiger partial charge in [-0.2, -0.15) is 0 Å². The molecule has 0 spiro atoms. The summed E-state index contributed by atoms with van der Waals surface area (Å²) in [4.78, 5) is 13.4. The van der Waals surface area contributed by atoms with Crippen molar-refractivity contribution in [2.45, 2.75) is 466 Å². The molecule has 14 nitrogen and oxygen atoms in total. The molecular weight excluding hydrogens is 1340 g/mol. The lowest BCUT2D eigenvalue weighted by Gasteiger charge is -2.46. The lowest BCUT2D eigenvalue weighted by atomic mass is 9.97. The maximum absolute atomic E-state index is 13.4. The van der Waals surface area contributed by atoms with Crippen molar-refractivity contribution in [2.24, 2.45) is 0 Å². The molecule has 622 valence electrons. The number of allylic oxidation sites excluding steroid dienone is 15. The third-order valence-electron chi connectivity index (χ3n) is 21.5. The summed E-state index contributed by atoms with van der Waals surface area (Å²) in [5.41, 5.74) is 0. The Morgan fingerprint density at radius 2 is 0.654 bits per heavy atom. The number of carbonyl (C=O) groups excluding carboxylic acids is 1. The number of unbranched alkanes of at least 4 members (excludes halogenated alkanes) is 49. The zero-order valence-electron chi connectivity index (χ0n) is 68.6. The van der Waals surface area contributed by atoms with Gasteiger partial charge in [0.15, 0.2) is 12.6 Å². The van der Waals surface area contributed by atoms with Gasteiger partial charge in [0.05, 0.1) is 32.0 Å². The van der Waals surface area contributed by atoms with Crippen molar-refractivity contribution in [3.8, 4) is 0 Å². The van der Waals surface area contributed by atoms with Gasteiger partial charge in [0.25, 0.3) is 0 Å². The van der Waals surface area contributed by atoms with E-state index < -0.39 is 86.8 Å². The molecule has 2 fully saturated rings. The summed E-state index contributed by atoms with van der Waals surface area (Å²) in [5.74, 6) is -0.243. The first kappa shape index (κ1) is 100.0. The standard InChI is InChI=1S/C93H167NO13/c1-3-5-7-9-11-13-15-17-19-21-23-25-27-29-31-33-35-37-38-39-40-41-42-43-44-45-47-49-51-53-55-57-59-61-63-65-67-69-71-73-75-77-85(98)94-81(80-104-92-90(103)88(101)91(84(79-96)106-92)107-93-89(102)87(100)86(99)83(78-95)105-93)82(97)76-74-72-70-68-66-64-62-60-58-56-54-52-50-48-46-36-34-32-30-28-26-24-22-20-18-16-14-12-10-8-6-4-2/h5,7,11,13,17,19,23,25,29,31,35,37,66,68,74,76,81-84,86-93,95-97,99-103H,3-4,6,8-10,12,14-16,18,20-22,24,26-28,30,32-34,36,38-65,67,69-73,75,77-80H2,1-2H3,(H,94,98)/b7-5-,13-11-,19-17-,25-23-,31-29-,37-35-,68-66+,76-74+. The molecule has 0 radical (unpaired) electrons. The average Bonchev–Trinajstić information content (AvgIpc) is 0.789. The zero-order chi connectivity index (χ0) is 77.2. The average molecular weight is 1510 g/mol. The Balaban J connectivity index is 1.57. The fourth-order valence-corrected chi connectivity index (χ4v) is 14.5. The predicted molar refractivity (Wildman–Crippen MR) is 447 cm³/mol. The molecule has 0 aromatic heterocycles.